The lowest BCUT2D eigenvalue weighted by atomic mass is 10.0. The van der Waals surface area contributed by atoms with E-state index in [0.717, 1.165) is 37.3 Å². The van der Waals surface area contributed by atoms with Gasteiger partial charge in [-0.25, -0.2) is 20.1 Å². The maximum Gasteiger partial charge on any atom is 0.274 e. The van der Waals surface area contributed by atoms with E-state index in [4.69, 9.17) is 19.9 Å². The largest absolute Gasteiger partial charge is 0.439 e. The predicted octanol–water partition coefficient (Wildman–Crippen LogP) is 3.18. The van der Waals surface area contributed by atoms with Gasteiger partial charge in [-0.15, -0.1) is 0 Å². The van der Waals surface area contributed by atoms with Crippen LogP contribution < -0.4 is 21.3 Å². The van der Waals surface area contributed by atoms with Crippen molar-refractivity contribution in [2.75, 3.05) is 38.5 Å². The molecule has 6 rings (SSSR count). The SMILES string of the molecule is CCn1c(-c2nonc2N)nc2cnc(Oc3cccc(C(CONC(=O)c4ccccc4)N4CCNCC4)c3)cc21. The van der Waals surface area contributed by atoms with Gasteiger partial charge in [-0.2, -0.15) is 0 Å². The van der Waals surface area contributed by atoms with Crippen LogP contribution in [0.5, 0.6) is 11.6 Å². The van der Waals surface area contributed by atoms with Gasteiger partial charge in [0.2, 0.25) is 5.88 Å². The molecule has 1 amide bonds. The van der Waals surface area contributed by atoms with Crippen molar-refractivity contribution in [3.05, 3.63) is 78.0 Å². The number of carbonyl (C=O) groups is 1. The van der Waals surface area contributed by atoms with Crippen molar-refractivity contribution in [3.8, 4) is 23.1 Å². The van der Waals surface area contributed by atoms with Gasteiger partial charge < -0.3 is 20.4 Å². The molecule has 0 saturated carbocycles. The molecule has 216 valence electrons. The molecule has 13 heteroatoms. The summed E-state index contributed by atoms with van der Waals surface area (Å²) in [6.07, 6.45) is 1.65. The zero-order chi connectivity index (χ0) is 28.9. The van der Waals surface area contributed by atoms with Gasteiger partial charge in [0, 0.05) is 44.4 Å². The standard InChI is InChI=1S/C29H31N9O4/c1-2-38-23-16-25(32-17-22(23)33-28(38)26-27(30)35-42-34-26)41-21-10-6-9-20(15-21)24(37-13-11-31-12-14-37)18-40-36-29(39)19-7-4-3-5-8-19/h3-10,15-17,24,31H,2,11-14,18H2,1H3,(H2,30,35)(H,36,39). The average molecular weight is 570 g/mol. The molecule has 0 spiro atoms. The minimum atomic E-state index is -0.287. The molecule has 1 fully saturated rings. The van der Waals surface area contributed by atoms with E-state index in [0.29, 0.717) is 40.8 Å². The number of hydrogen-bond acceptors (Lipinski definition) is 11. The second kappa shape index (κ2) is 12.3. The van der Waals surface area contributed by atoms with Crippen molar-refractivity contribution < 1.29 is 19.0 Å². The van der Waals surface area contributed by atoms with Gasteiger partial charge in [-0.05, 0) is 47.1 Å². The number of anilines is 1. The number of aromatic nitrogens is 5. The van der Waals surface area contributed by atoms with Gasteiger partial charge in [-0.3, -0.25) is 14.5 Å². The van der Waals surface area contributed by atoms with Gasteiger partial charge in [-0.1, -0.05) is 30.3 Å². The number of nitrogen functional groups attached to an aromatic ring is 1. The predicted molar refractivity (Wildman–Crippen MR) is 154 cm³/mol. The fourth-order valence-electron chi connectivity index (χ4n) is 5.06. The second-order valence-corrected chi connectivity index (χ2v) is 9.77. The summed E-state index contributed by atoms with van der Waals surface area (Å²) in [5.41, 5.74) is 11.9. The number of fused-ring (bicyclic) bond motifs is 1. The Morgan fingerprint density at radius 3 is 2.71 bits per heavy atom. The highest BCUT2D eigenvalue weighted by Crippen LogP contribution is 2.31. The average Bonchev–Trinajstić information content (AvgIpc) is 3.62. The second-order valence-electron chi connectivity index (χ2n) is 9.77. The third kappa shape index (κ3) is 5.79. The van der Waals surface area contributed by atoms with Crippen LogP contribution >= 0.6 is 0 Å². The van der Waals surface area contributed by atoms with Crippen LogP contribution in [-0.2, 0) is 11.4 Å². The Hall–Kier alpha value is -4.85. The summed E-state index contributed by atoms with van der Waals surface area (Å²) in [5, 5.41) is 11.0. The van der Waals surface area contributed by atoms with Crippen molar-refractivity contribution in [2.45, 2.75) is 19.5 Å². The molecule has 2 aromatic carbocycles. The van der Waals surface area contributed by atoms with E-state index >= 15 is 0 Å². The smallest absolute Gasteiger partial charge is 0.274 e. The topological polar surface area (TPSA) is 158 Å². The number of imidazole rings is 1. The van der Waals surface area contributed by atoms with E-state index < -0.39 is 0 Å². The molecule has 0 radical (unpaired) electrons. The first-order chi connectivity index (χ1) is 20.6. The summed E-state index contributed by atoms with van der Waals surface area (Å²) in [6, 6.07) is 18.5. The van der Waals surface area contributed by atoms with Gasteiger partial charge in [0.05, 0.1) is 24.4 Å². The molecule has 1 atom stereocenters. The van der Waals surface area contributed by atoms with Crippen LogP contribution in [0.3, 0.4) is 0 Å². The minimum Gasteiger partial charge on any atom is -0.439 e. The molecule has 1 aliphatic heterocycles. The Kier molecular flexibility index (Phi) is 8.03. The van der Waals surface area contributed by atoms with Crippen molar-refractivity contribution >= 4 is 22.8 Å². The molecule has 13 nitrogen and oxygen atoms in total. The maximum absolute atomic E-state index is 12.5. The first kappa shape index (κ1) is 27.3. The first-order valence-corrected chi connectivity index (χ1v) is 13.7. The summed E-state index contributed by atoms with van der Waals surface area (Å²) >= 11 is 0. The van der Waals surface area contributed by atoms with E-state index in [1.807, 2.05) is 60.0 Å². The maximum atomic E-state index is 12.5. The number of pyridine rings is 1. The molecular weight excluding hydrogens is 538 g/mol. The fraction of sp³-hybridized carbons (Fsp3) is 0.276. The molecule has 42 heavy (non-hydrogen) atoms. The third-order valence-electron chi connectivity index (χ3n) is 7.15. The number of piperazine rings is 1. The van der Waals surface area contributed by atoms with Crippen LogP contribution in [0.4, 0.5) is 5.82 Å². The van der Waals surface area contributed by atoms with Crippen LogP contribution in [0.2, 0.25) is 0 Å². The van der Waals surface area contributed by atoms with Gasteiger partial charge in [0.15, 0.2) is 17.3 Å². The molecule has 5 aromatic rings. The summed E-state index contributed by atoms with van der Waals surface area (Å²) in [5.74, 6) is 1.47. The van der Waals surface area contributed by atoms with Crippen molar-refractivity contribution in [1.29, 1.82) is 0 Å². The van der Waals surface area contributed by atoms with Gasteiger partial charge in [0.1, 0.15) is 11.3 Å². The fourth-order valence-corrected chi connectivity index (χ4v) is 5.06. The Balaban J connectivity index is 1.22. The molecular formula is C29H31N9O4. The van der Waals surface area contributed by atoms with Crippen LogP contribution in [0.25, 0.3) is 22.6 Å². The summed E-state index contributed by atoms with van der Waals surface area (Å²) in [6.45, 7) is 6.32. The van der Waals surface area contributed by atoms with E-state index in [1.165, 1.54) is 0 Å². The number of aryl methyl sites for hydroxylation is 1. The normalized spacial score (nSPS) is 14.6. The van der Waals surface area contributed by atoms with Crippen LogP contribution in [-0.4, -0.2) is 68.4 Å². The first-order valence-electron chi connectivity index (χ1n) is 13.7. The molecule has 0 bridgehead atoms. The third-order valence-corrected chi connectivity index (χ3v) is 7.15. The highest BCUT2D eigenvalue weighted by molar-refractivity contribution is 5.93. The Morgan fingerprint density at radius 2 is 1.95 bits per heavy atom. The number of hydroxylamine groups is 1. The van der Waals surface area contributed by atoms with Crippen molar-refractivity contribution in [1.82, 2.24) is 40.5 Å². The van der Waals surface area contributed by atoms with Crippen molar-refractivity contribution in [2.24, 2.45) is 0 Å². The highest BCUT2D eigenvalue weighted by Gasteiger charge is 2.24. The molecule has 1 saturated heterocycles. The monoisotopic (exact) mass is 569 g/mol. The Bertz CT molecular complexity index is 1660. The van der Waals surface area contributed by atoms with Crippen LogP contribution in [0.1, 0.15) is 28.9 Å². The number of benzene rings is 2. The molecule has 1 aliphatic rings. The molecule has 4 heterocycles. The number of nitrogens with two attached hydrogens (primary N) is 1. The van der Waals surface area contributed by atoms with Crippen LogP contribution in [0.15, 0.2) is 71.5 Å². The number of ether oxygens (including phenoxy) is 1. The highest BCUT2D eigenvalue weighted by atomic mass is 16.7. The molecule has 3 aromatic heterocycles. The number of hydrogen-bond donors (Lipinski definition) is 3. The van der Waals surface area contributed by atoms with Crippen molar-refractivity contribution in [3.63, 3.8) is 0 Å². The number of nitrogens with zero attached hydrogens (tertiary/aromatic N) is 6. The zero-order valence-corrected chi connectivity index (χ0v) is 23.1. The molecule has 1 unspecified atom stereocenters. The number of nitrogens with one attached hydrogen (secondary N) is 2. The quantitative estimate of drug-likeness (QED) is 0.212. The van der Waals surface area contributed by atoms with E-state index in [1.54, 1.807) is 18.3 Å². The summed E-state index contributed by atoms with van der Waals surface area (Å²) < 4.78 is 13.0. The summed E-state index contributed by atoms with van der Waals surface area (Å²) in [4.78, 5) is 29.7. The Labute approximate surface area is 241 Å². The van der Waals surface area contributed by atoms with E-state index in [2.05, 4.69) is 36.0 Å². The number of rotatable bonds is 10. The van der Waals surface area contributed by atoms with Gasteiger partial charge >= 0.3 is 0 Å². The molecule has 0 aliphatic carbocycles. The summed E-state index contributed by atoms with van der Waals surface area (Å²) in [7, 11) is 0. The lowest BCUT2D eigenvalue weighted by Crippen LogP contribution is -2.46. The van der Waals surface area contributed by atoms with Crippen LogP contribution in [0, 0.1) is 0 Å². The lowest BCUT2D eigenvalue weighted by Gasteiger charge is -2.35. The number of carbonyl (C=O) groups excluding carboxylic acids is 1. The number of amides is 1. The van der Waals surface area contributed by atoms with E-state index in [-0.39, 0.29) is 24.4 Å². The lowest BCUT2D eigenvalue weighted by molar-refractivity contribution is -0.00177. The minimum absolute atomic E-state index is 0.104. The Morgan fingerprint density at radius 1 is 1.12 bits per heavy atom. The van der Waals surface area contributed by atoms with E-state index in [9.17, 15) is 4.79 Å². The zero-order valence-electron chi connectivity index (χ0n) is 23.1. The molecule has 4 N–H and O–H groups in total. The van der Waals surface area contributed by atoms with Gasteiger partial charge in [0.25, 0.3) is 5.91 Å².